The van der Waals surface area contributed by atoms with Gasteiger partial charge in [-0.05, 0) is 12.1 Å². The number of esters is 1. The first-order valence-corrected chi connectivity index (χ1v) is 10.3. The second-order valence-corrected chi connectivity index (χ2v) is 7.92. The number of hydrogen-bond donors (Lipinski definition) is 5. The molecule has 5 atom stereocenters. The predicted octanol–water partition coefficient (Wildman–Crippen LogP) is -1.49. The van der Waals surface area contributed by atoms with Crippen LogP contribution in [0.1, 0.15) is 10.4 Å². The highest BCUT2D eigenvalue weighted by Gasteiger charge is 2.44. The van der Waals surface area contributed by atoms with Crippen molar-refractivity contribution < 1.29 is 51.9 Å². The lowest BCUT2D eigenvalue weighted by Gasteiger charge is -2.39. The second-order valence-electron chi connectivity index (χ2n) is 5.74. The lowest BCUT2D eigenvalue weighted by molar-refractivity contribution is -0.205. The summed E-state index contributed by atoms with van der Waals surface area (Å²) >= 11 is 0.494. The van der Waals surface area contributed by atoms with Crippen LogP contribution in [-0.2, 0) is 24.2 Å². The Morgan fingerprint density at radius 1 is 1.14 bits per heavy atom. The number of rotatable bonds is 7. The molecular weight excluding hydrogens is 434 g/mol. The van der Waals surface area contributed by atoms with Gasteiger partial charge in [0.15, 0.2) is 5.04 Å². The van der Waals surface area contributed by atoms with Gasteiger partial charge >= 0.3 is 16.4 Å². The van der Waals surface area contributed by atoms with Crippen molar-refractivity contribution in [1.82, 2.24) is 0 Å². The minimum absolute atomic E-state index is 0.195. The molecule has 29 heavy (non-hydrogen) atoms. The number of carbonyl (C=O) groups excluding carboxylic acids is 1. The van der Waals surface area contributed by atoms with Crippen LogP contribution in [-0.4, -0.2) is 87.5 Å². The average Bonchev–Trinajstić information content (AvgIpc) is 2.69. The van der Waals surface area contributed by atoms with E-state index in [4.69, 9.17) is 14.0 Å². The summed E-state index contributed by atoms with van der Waals surface area (Å²) < 4.78 is 44.4. The van der Waals surface area contributed by atoms with Gasteiger partial charge < -0.3 is 29.9 Å². The van der Waals surface area contributed by atoms with Crippen LogP contribution < -0.4 is 0 Å². The molecule has 12 nitrogen and oxygen atoms in total. The van der Waals surface area contributed by atoms with Crippen LogP contribution in [0.5, 0.6) is 0 Å². The third-order valence-corrected chi connectivity index (χ3v) is 5.02. The van der Waals surface area contributed by atoms with Crippen LogP contribution in [0.15, 0.2) is 35.5 Å². The van der Waals surface area contributed by atoms with E-state index in [9.17, 15) is 33.6 Å². The highest BCUT2D eigenvalue weighted by atomic mass is 32.3. The van der Waals surface area contributed by atoms with Gasteiger partial charge in [-0.3, -0.25) is 4.55 Å². The molecular formula is C15H19NO11S2. The fourth-order valence-corrected chi connectivity index (χ4v) is 3.46. The first-order chi connectivity index (χ1) is 13.6. The first-order valence-electron chi connectivity index (χ1n) is 8.04. The number of nitrogens with zero attached hydrogens (tertiary/aromatic N) is 1. The van der Waals surface area contributed by atoms with Crippen LogP contribution >= 0.6 is 11.8 Å². The van der Waals surface area contributed by atoms with Gasteiger partial charge in [0.05, 0.1) is 12.2 Å². The van der Waals surface area contributed by atoms with Crippen LogP contribution in [0, 0.1) is 0 Å². The normalized spacial score (nSPS) is 28.0. The maximum Gasteiger partial charge on any atom is 0.466 e. The van der Waals surface area contributed by atoms with Gasteiger partial charge in [0, 0.05) is 0 Å². The van der Waals surface area contributed by atoms with Gasteiger partial charge in [0.25, 0.3) is 0 Å². The molecule has 0 saturated carbocycles. The molecule has 1 aromatic rings. The third kappa shape index (κ3) is 6.90. The molecule has 0 aromatic heterocycles. The molecule has 1 aliphatic rings. The molecule has 0 spiro atoms. The lowest BCUT2D eigenvalue weighted by atomic mass is 10.0. The van der Waals surface area contributed by atoms with Crippen LogP contribution in [0.25, 0.3) is 0 Å². The number of thioether (sulfide) groups is 1. The molecule has 2 rings (SSSR count). The summed E-state index contributed by atoms with van der Waals surface area (Å²) in [6.07, 6.45) is -6.17. The standard InChI is InChI=1S/C15H19NO11S2/c17-6-9-11(18)12(19)13(20)15(26-9)28-10(16-27-29(22,23)24)7-25-14(21)8-4-2-1-3-5-8/h1-5,9,11-13,15,17-20H,6-7H2,(H,22,23,24). The number of hydrogen-bond acceptors (Lipinski definition) is 12. The molecule has 1 aromatic carbocycles. The number of ether oxygens (including phenoxy) is 2. The Labute approximate surface area is 169 Å². The van der Waals surface area contributed by atoms with E-state index in [-0.39, 0.29) is 10.6 Å². The van der Waals surface area contributed by atoms with E-state index < -0.39 is 59.4 Å². The monoisotopic (exact) mass is 453 g/mol. The van der Waals surface area contributed by atoms with Gasteiger partial charge in [-0.1, -0.05) is 35.1 Å². The highest BCUT2D eigenvalue weighted by Crippen LogP contribution is 2.29. The zero-order valence-corrected chi connectivity index (χ0v) is 16.3. The van der Waals surface area contributed by atoms with Crippen molar-refractivity contribution in [2.24, 2.45) is 5.16 Å². The maximum absolute atomic E-state index is 12.0. The molecule has 1 aliphatic heterocycles. The SMILES string of the molecule is O=C(OCC(=NOS(=O)(=O)O)SC1OC(CO)C(O)C(O)C1O)c1ccccc1. The zero-order chi connectivity index (χ0) is 21.6. The van der Waals surface area contributed by atoms with Crippen LogP contribution in [0.2, 0.25) is 0 Å². The summed E-state index contributed by atoms with van der Waals surface area (Å²) in [7, 11) is -4.97. The Hall–Kier alpha value is -1.78. The molecule has 1 fully saturated rings. The molecule has 0 bridgehead atoms. The van der Waals surface area contributed by atoms with E-state index >= 15 is 0 Å². The van der Waals surface area contributed by atoms with E-state index in [0.717, 1.165) is 0 Å². The van der Waals surface area contributed by atoms with Gasteiger partial charge in [-0.2, -0.15) is 8.42 Å². The van der Waals surface area contributed by atoms with Crippen LogP contribution in [0.4, 0.5) is 0 Å². The Morgan fingerprint density at radius 2 is 1.79 bits per heavy atom. The van der Waals surface area contributed by atoms with Gasteiger partial charge in [-0.25, -0.2) is 9.08 Å². The predicted molar refractivity (Wildman–Crippen MR) is 98.2 cm³/mol. The number of aliphatic hydroxyl groups is 4. The molecule has 1 saturated heterocycles. The molecule has 162 valence electrons. The number of aliphatic hydroxyl groups excluding tert-OH is 4. The smallest absolute Gasteiger partial charge is 0.455 e. The van der Waals surface area contributed by atoms with Gasteiger partial charge in [0.1, 0.15) is 36.5 Å². The second kappa shape index (κ2) is 10.3. The molecule has 5 unspecified atom stereocenters. The Bertz CT molecular complexity index is 815. The summed E-state index contributed by atoms with van der Waals surface area (Å²) in [6.45, 7) is -1.32. The summed E-state index contributed by atoms with van der Waals surface area (Å²) in [5, 5.41) is 41.6. The van der Waals surface area contributed by atoms with E-state index in [1.54, 1.807) is 18.2 Å². The summed E-state index contributed by atoms with van der Waals surface area (Å²) in [5.41, 5.74) is -1.15. The molecule has 1 heterocycles. The van der Waals surface area contributed by atoms with Crippen molar-refractivity contribution in [3.05, 3.63) is 35.9 Å². The minimum atomic E-state index is -4.97. The molecule has 0 aliphatic carbocycles. The lowest BCUT2D eigenvalue weighted by Crippen LogP contribution is -2.57. The number of benzene rings is 1. The minimum Gasteiger partial charge on any atom is -0.455 e. The quantitative estimate of drug-likeness (QED) is 0.106. The van der Waals surface area contributed by atoms with Crippen molar-refractivity contribution in [2.45, 2.75) is 29.9 Å². The molecule has 0 amide bonds. The fourth-order valence-electron chi connectivity index (χ4n) is 2.25. The van der Waals surface area contributed by atoms with E-state index in [1.165, 1.54) is 12.1 Å². The van der Waals surface area contributed by atoms with Gasteiger partial charge in [0.2, 0.25) is 0 Å². The number of carbonyl (C=O) groups is 1. The van der Waals surface area contributed by atoms with Crippen molar-refractivity contribution in [1.29, 1.82) is 0 Å². The topological polar surface area (TPSA) is 192 Å². The number of oxime groups is 1. The van der Waals surface area contributed by atoms with E-state index in [1.807, 2.05) is 0 Å². The first kappa shape index (κ1) is 23.5. The Kier molecular flexibility index (Phi) is 8.35. The zero-order valence-electron chi connectivity index (χ0n) is 14.6. The maximum atomic E-state index is 12.0. The largest absolute Gasteiger partial charge is 0.466 e. The Balaban J connectivity index is 2.12. The van der Waals surface area contributed by atoms with E-state index in [2.05, 4.69) is 9.44 Å². The molecule has 14 heteroatoms. The average molecular weight is 453 g/mol. The highest BCUT2D eigenvalue weighted by molar-refractivity contribution is 8.14. The van der Waals surface area contributed by atoms with Crippen LogP contribution in [0.3, 0.4) is 0 Å². The summed E-state index contributed by atoms with van der Waals surface area (Å²) in [6, 6.07) is 7.81. The summed E-state index contributed by atoms with van der Waals surface area (Å²) in [4.78, 5) is 12.0. The van der Waals surface area contributed by atoms with Gasteiger partial charge in [-0.15, -0.1) is 0 Å². The third-order valence-electron chi connectivity index (χ3n) is 3.67. The van der Waals surface area contributed by atoms with Crippen molar-refractivity contribution in [2.75, 3.05) is 13.2 Å². The van der Waals surface area contributed by atoms with E-state index in [0.29, 0.717) is 11.8 Å². The fraction of sp³-hybridized carbons (Fsp3) is 0.467. The van der Waals surface area contributed by atoms with Crippen molar-refractivity contribution in [3.63, 3.8) is 0 Å². The Morgan fingerprint density at radius 3 is 2.38 bits per heavy atom. The summed E-state index contributed by atoms with van der Waals surface area (Å²) in [5.74, 6) is -0.778. The van der Waals surface area contributed by atoms with Crippen molar-refractivity contribution >= 4 is 33.2 Å². The molecule has 0 radical (unpaired) electrons. The van der Waals surface area contributed by atoms with Crippen molar-refractivity contribution in [3.8, 4) is 0 Å². The molecule has 5 N–H and O–H groups in total.